The van der Waals surface area contributed by atoms with E-state index in [-0.39, 0.29) is 37.7 Å². The summed E-state index contributed by atoms with van der Waals surface area (Å²) in [4.78, 5) is 23.3. The van der Waals surface area contributed by atoms with Crippen molar-refractivity contribution >= 4 is 11.7 Å². The predicted octanol–water partition coefficient (Wildman–Crippen LogP) is 1.08. The molecule has 5 nitrogen and oxygen atoms in total. The molecule has 0 atom stereocenters. The van der Waals surface area contributed by atoms with E-state index in [4.69, 9.17) is 9.84 Å². The molecule has 0 unspecified atom stereocenters. The molecule has 0 aliphatic carbocycles. The fraction of sp³-hybridized carbons (Fsp3) is 0.467. The largest absolute Gasteiger partial charge is 0.394 e. The summed E-state index contributed by atoms with van der Waals surface area (Å²) >= 11 is 0. The van der Waals surface area contributed by atoms with Crippen molar-refractivity contribution < 1.29 is 19.4 Å². The first-order valence-electron chi connectivity index (χ1n) is 6.68. The molecule has 1 aromatic carbocycles. The van der Waals surface area contributed by atoms with Gasteiger partial charge in [-0.3, -0.25) is 9.59 Å². The van der Waals surface area contributed by atoms with Crippen LogP contribution in [0, 0.1) is 6.92 Å². The fourth-order valence-electron chi connectivity index (χ4n) is 1.63. The molecule has 0 aromatic heterocycles. The molecule has 20 heavy (non-hydrogen) atoms. The average Bonchev–Trinajstić information content (AvgIpc) is 2.45. The van der Waals surface area contributed by atoms with Crippen molar-refractivity contribution in [1.82, 2.24) is 5.32 Å². The Bertz CT molecular complexity index is 428. The third-order valence-electron chi connectivity index (χ3n) is 2.76. The van der Waals surface area contributed by atoms with Gasteiger partial charge in [0.25, 0.3) is 0 Å². The van der Waals surface area contributed by atoms with Crippen LogP contribution in [0.15, 0.2) is 24.3 Å². The van der Waals surface area contributed by atoms with Crippen LogP contribution in [-0.4, -0.2) is 43.2 Å². The van der Waals surface area contributed by atoms with Gasteiger partial charge in [0.05, 0.1) is 19.8 Å². The number of carbonyl (C=O) groups is 2. The van der Waals surface area contributed by atoms with Crippen LogP contribution in [0.2, 0.25) is 0 Å². The molecule has 0 heterocycles. The molecular weight excluding hydrogens is 258 g/mol. The second kappa shape index (κ2) is 9.23. The van der Waals surface area contributed by atoms with Gasteiger partial charge in [-0.05, 0) is 6.92 Å². The van der Waals surface area contributed by atoms with Gasteiger partial charge in [0.2, 0.25) is 5.91 Å². The van der Waals surface area contributed by atoms with E-state index in [0.717, 1.165) is 5.56 Å². The number of carbonyl (C=O) groups excluding carboxylic acids is 2. The van der Waals surface area contributed by atoms with E-state index in [2.05, 4.69) is 5.32 Å². The number of ether oxygens (including phenoxy) is 1. The zero-order valence-corrected chi connectivity index (χ0v) is 11.7. The highest BCUT2D eigenvalue weighted by Gasteiger charge is 2.08. The molecule has 1 rings (SSSR count). The summed E-state index contributed by atoms with van der Waals surface area (Å²) in [6, 6.07) is 7.31. The van der Waals surface area contributed by atoms with Crippen LogP contribution in [0.1, 0.15) is 28.8 Å². The number of rotatable bonds is 9. The second-order valence-electron chi connectivity index (χ2n) is 4.48. The van der Waals surface area contributed by atoms with Gasteiger partial charge in [0.1, 0.15) is 0 Å². The number of hydrogen-bond donors (Lipinski definition) is 2. The van der Waals surface area contributed by atoms with Crippen LogP contribution in [0.5, 0.6) is 0 Å². The average molecular weight is 279 g/mol. The van der Waals surface area contributed by atoms with E-state index >= 15 is 0 Å². The summed E-state index contributed by atoms with van der Waals surface area (Å²) in [5.41, 5.74) is 1.73. The highest BCUT2D eigenvalue weighted by Crippen LogP contribution is 2.07. The van der Waals surface area contributed by atoms with Gasteiger partial charge in [0, 0.05) is 24.9 Å². The van der Waals surface area contributed by atoms with Crippen LogP contribution in [0.3, 0.4) is 0 Å². The molecule has 110 valence electrons. The van der Waals surface area contributed by atoms with E-state index in [1.54, 1.807) is 12.1 Å². The minimum Gasteiger partial charge on any atom is -0.394 e. The standard InChI is InChI=1S/C15H21NO4/c1-12-2-4-13(5-3-12)14(18)6-7-15(19)16-8-10-20-11-9-17/h2-5,17H,6-11H2,1H3,(H,16,19). The molecule has 0 aliphatic rings. The number of aliphatic hydroxyl groups is 1. The molecule has 0 radical (unpaired) electrons. The maximum absolute atomic E-state index is 11.8. The van der Waals surface area contributed by atoms with Gasteiger partial charge in [-0.1, -0.05) is 29.8 Å². The van der Waals surface area contributed by atoms with Gasteiger partial charge >= 0.3 is 0 Å². The quantitative estimate of drug-likeness (QED) is 0.524. The Morgan fingerprint density at radius 2 is 1.85 bits per heavy atom. The summed E-state index contributed by atoms with van der Waals surface area (Å²) in [7, 11) is 0. The highest BCUT2D eigenvalue weighted by atomic mass is 16.5. The monoisotopic (exact) mass is 279 g/mol. The van der Waals surface area contributed by atoms with E-state index in [0.29, 0.717) is 18.7 Å². The summed E-state index contributed by atoms with van der Waals surface area (Å²) in [6.07, 6.45) is 0.374. The highest BCUT2D eigenvalue weighted by molar-refractivity contribution is 5.97. The topological polar surface area (TPSA) is 75.6 Å². The first kappa shape index (κ1) is 16.3. The van der Waals surface area contributed by atoms with Crippen molar-refractivity contribution in [1.29, 1.82) is 0 Å². The minimum atomic E-state index is -0.168. The molecule has 5 heteroatoms. The molecule has 1 amide bonds. The van der Waals surface area contributed by atoms with Gasteiger partial charge in [0.15, 0.2) is 5.78 Å². The Labute approximate surface area is 118 Å². The lowest BCUT2D eigenvalue weighted by atomic mass is 10.1. The van der Waals surface area contributed by atoms with Crippen LogP contribution >= 0.6 is 0 Å². The van der Waals surface area contributed by atoms with Crippen LogP contribution < -0.4 is 5.32 Å². The van der Waals surface area contributed by atoms with Crippen LogP contribution in [0.25, 0.3) is 0 Å². The molecule has 0 saturated heterocycles. The summed E-state index contributed by atoms with van der Waals surface area (Å²) in [5.74, 6) is -0.199. The molecule has 0 fully saturated rings. The zero-order valence-electron chi connectivity index (χ0n) is 11.7. The molecule has 0 spiro atoms. The molecule has 0 aliphatic heterocycles. The molecule has 1 aromatic rings. The van der Waals surface area contributed by atoms with Gasteiger partial charge in [-0.15, -0.1) is 0 Å². The van der Waals surface area contributed by atoms with Gasteiger partial charge in [-0.25, -0.2) is 0 Å². The second-order valence-corrected chi connectivity index (χ2v) is 4.48. The van der Waals surface area contributed by atoms with Crippen molar-refractivity contribution in [2.45, 2.75) is 19.8 Å². The maximum atomic E-state index is 11.8. The van der Waals surface area contributed by atoms with E-state index < -0.39 is 0 Å². The maximum Gasteiger partial charge on any atom is 0.220 e. The van der Waals surface area contributed by atoms with E-state index in [9.17, 15) is 9.59 Å². The Kier molecular flexibility index (Phi) is 7.54. The summed E-state index contributed by atoms with van der Waals surface area (Å²) in [5, 5.41) is 11.2. The first-order valence-corrected chi connectivity index (χ1v) is 6.68. The smallest absolute Gasteiger partial charge is 0.220 e. The fourth-order valence-corrected chi connectivity index (χ4v) is 1.63. The Morgan fingerprint density at radius 3 is 2.50 bits per heavy atom. The van der Waals surface area contributed by atoms with Gasteiger partial charge < -0.3 is 15.2 Å². The van der Waals surface area contributed by atoms with Crippen LogP contribution in [0.4, 0.5) is 0 Å². The lowest BCUT2D eigenvalue weighted by Gasteiger charge is -2.05. The number of nitrogens with one attached hydrogen (secondary N) is 1. The minimum absolute atomic E-state index is 0.0288. The number of aliphatic hydroxyl groups excluding tert-OH is 1. The zero-order chi connectivity index (χ0) is 14.8. The Balaban J connectivity index is 2.20. The van der Waals surface area contributed by atoms with E-state index in [1.165, 1.54) is 0 Å². The molecule has 0 saturated carbocycles. The Morgan fingerprint density at radius 1 is 1.15 bits per heavy atom. The van der Waals surface area contributed by atoms with Crippen molar-refractivity contribution in [3.63, 3.8) is 0 Å². The van der Waals surface area contributed by atoms with Crippen molar-refractivity contribution in [3.05, 3.63) is 35.4 Å². The first-order chi connectivity index (χ1) is 9.63. The van der Waals surface area contributed by atoms with Crippen LogP contribution in [-0.2, 0) is 9.53 Å². The lowest BCUT2D eigenvalue weighted by Crippen LogP contribution is -2.27. The summed E-state index contributed by atoms with van der Waals surface area (Å²) < 4.78 is 5.01. The molecule has 2 N–H and O–H groups in total. The number of ketones is 1. The SMILES string of the molecule is Cc1ccc(C(=O)CCC(=O)NCCOCCO)cc1. The number of hydrogen-bond acceptors (Lipinski definition) is 4. The number of amides is 1. The summed E-state index contributed by atoms with van der Waals surface area (Å²) in [6.45, 7) is 2.94. The van der Waals surface area contributed by atoms with Gasteiger partial charge in [-0.2, -0.15) is 0 Å². The third-order valence-corrected chi connectivity index (χ3v) is 2.76. The lowest BCUT2D eigenvalue weighted by molar-refractivity contribution is -0.121. The van der Waals surface area contributed by atoms with E-state index in [1.807, 2.05) is 19.1 Å². The third kappa shape index (κ3) is 6.45. The molecule has 0 bridgehead atoms. The number of benzene rings is 1. The molecular formula is C15H21NO4. The number of aryl methyl sites for hydroxylation is 1. The van der Waals surface area contributed by atoms with Crippen molar-refractivity contribution in [2.75, 3.05) is 26.4 Å². The van der Waals surface area contributed by atoms with Crippen molar-refractivity contribution in [2.24, 2.45) is 0 Å². The number of Topliss-reactive ketones (excluding diaryl/α,β-unsaturated/α-hetero) is 1. The normalized spacial score (nSPS) is 10.3. The Hall–Kier alpha value is -1.72. The van der Waals surface area contributed by atoms with Crippen molar-refractivity contribution in [3.8, 4) is 0 Å². The predicted molar refractivity (Wildman–Crippen MR) is 75.7 cm³/mol.